The third-order valence-corrected chi connectivity index (χ3v) is 4.72. The fourth-order valence-corrected chi connectivity index (χ4v) is 3.40. The summed E-state index contributed by atoms with van der Waals surface area (Å²) < 4.78 is 0. The van der Waals surface area contributed by atoms with Crippen molar-refractivity contribution in [3.63, 3.8) is 0 Å². The lowest BCUT2D eigenvalue weighted by molar-refractivity contribution is -0.140. The first kappa shape index (κ1) is 17.6. The first-order valence-electron chi connectivity index (χ1n) is 9.04. The zero-order valence-corrected chi connectivity index (χ0v) is 15.6. The molecule has 0 bridgehead atoms. The second-order valence-electron chi connectivity index (χ2n) is 8.01. The molecule has 25 heavy (non-hydrogen) atoms. The molecule has 0 spiro atoms. The molecule has 0 aliphatic carbocycles. The molecule has 1 aromatic carbocycles. The number of piperidine rings is 1. The number of aromatic nitrogens is 2. The number of nitrogens with zero attached hydrogens (tertiary/aromatic N) is 3. The molecule has 1 aromatic heterocycles. The van der Waals surface area contributed by atoms with Gasteiger partial charge in [0.05, 0.1) is 0 Å². The van der Waals surface area contributed by atoms with Crippen LogP contribution in [0.25, 0.3) is 11.4 Å². The highest BCUT2D eigenvalue weighted by molar-refractivity contribution is 5.81. The summed E-state index contributed by atoms with van der Waals surface area (Å²) in [5, 5.41) is 0. The van der Waals surface area contributed by atoms with Crippen molar-refractivity contribution in [1.82, 2.24) is 14.9 Å². The predicted molar refractivity (Wildman–Crippen MR) is 100 cm³/mol. The maximum Gasteiger partial charge on any atom is 0.227 e. The fraction of sp³-hybridized carbons (Fsp3) is 0.476. The fourth-order valence-electron chi connectivity index (χ4n) is 3.40. The van der Waals surface area contributed by atoms with Crippen LogP contribution in [0.15, 0.2) is 36.5 Å². The van der Waals surface area contributed by atoms with Crippen LogP contribution in [0, 0.1) is 12.3 Å². The number of likely N-dealkylation sites (tertiary alicyclic amines) is 1. The summed E-state index contributed by atoms with van der Waals surface area (Å²) in [7, 11) is 0. The van der Waals surface area contributed by atoms with Gasteiger partial charge in [0.2, 0.25) is 5.91 Å². The topological polar surface area (TPSA) is 46.1 Å². The van der Waals surface area contributed by atoms with Gasteiger partial charge in [0, 0.05) is 41.9 Å². The van der Waals surface area contributed by atoms with E-state index in [1.54, 1.807) is 0 Å². The smallest absolute Gasteiger partial charge is 0.227 e. The minimum absolute atomic E-state index is 0.227. The number of amides is 1. The van der Waals surface area contributed by atoms with E-state index in [2.05, 4.69) is 24.0 Å². The Morgan fingerprint density at radius 2 is 2.04 bits per heavy atom. The molecule has 3 rings (SSSR count). The van der Waals surface area contributed by atoms with Crippen LogP contribution in [0.2, 0.25) is 0 Å². The Morgan fingerprint density at radius 1 is 1.24 bits per heavy atom. The lowest BCUT2D eigenvalue weighted by Crippen LogP contribution is -2.44. The van der Waals surface area contributed by atoms with Gasteiger partial charge in [-0.2, -0.15) is 0 Å². The van der Waals surface area contributed by atoms with Crippen molar-refractivity contribution in [2.45, 2.75) is 46.5 Å². The lowest BCUT2D eigenvalue weighted by atomic mass is 9.90. The highest BCUT2D eigenvalue weighted by Gasteiger charge is 2.32. The summed E-state index contributed by atoms with van der Waals surface area (Å²) in [6, 6.07) is 10.3. The van der Waals surface area contributed by atoms with Crippen molar-refractivity contribution in [3.05, 3.63) is 47.8 Å². The second kappa shape index (κ2) is 6.95. The maximum atomic E-state index is 12.6. The zero-order chi connectivity index (χ0) is 18.0. The van der Waals surface area contributed by atoms with Crippen LogP contribution in [-0.4, -0.2) is 33.9 Å². The molecule has 132 valence electrons. The summed E-state index contributed by atoms with van der Waals surface area (Å²) >= 11 is 0. The van der Waals surface area contributed by atoms with E-state index in [1.165, 1.54) is 5.56 Å². The van der Waals surface area contributed by atoms with Gasteiger partial charge >= 0.3 is 0 Å². The minimum atomic E-state index is -0.333. The number of rotatable bonds is 2. The van der Waals surface area contributed by atoms with Crippen LogP contribution in [0.5, 0.6) is 0 Å². The highest BCUT2D eigenvalue weighted by atomic mass is 16.2. The van der Waals surface area contributed by atoms with Crippen molar-refractivity contribution in [2.24, 2.45) is 5.41 Å². The van der Waals surface area contributed by atoms with Gasteiger partial charge in [-0.25, -0.2) is 9.97 Å². The van der Waals surface area contributed by atoms with Gasteiger partial charge in [0.15, 0.2) is 5.82 Å². The summed E-state index contributed by atoms with van der Waals surface area (Å²) in [5.41, 5.74) is 2.95. The zero-order valence-electron chi connectivity index (χ0n) is 15.6. The normalized spacial score (nSPS) is 18.2. The Morgan fingerprint density at radius 3 is 2.76 bits per heavy atom. The second-order valence-corrected chi connectivity index (χ2v) is 8.01. The average Bonchev–Trinajstić information content (AvgIpc) is 2.60. The summed E-state index contributed by atoms with van der Waals surface area (Å²) in [6.07, 6.45) is 3.93. The van der Waals surface area contributed by atoms with Gasteiger partial charge in [-0.1, -0.05) is 44.5 Å². The molecule has 1 atom stereocenters. The van der Waals surface area contributed by atoms with Crippen LogP contribution in [0.3, 0.4) is 0 Å². The highest BCUT2D eigenvalue weighted by Crippen LogP contribution is 2.29. The molecule has 2 aromatic rings. The molecule has 1 aliphatic rings. The third kappa shape index (κ3) is 4.06. The standard InChI is InChI=1S/C21H27N3O/c1-15-7-5-8-16(13-15)19-22-11-10-18(23-19)17-9-6-12-24(14-17)20(25)21(2,3)4/h5,7-8,10-11,13,17H,6,9,12,14H2,1-4H3/t17-/m1/s1. The molecule has 4 nitrogen and oxygen atoms in total. The van der Waals surface area contributed by atoms with Gasteiger partial charge in [0.1, 0.15) is 0 Å². The molecule has 1 fully saturated rings. The molecule has 0 saturated carbocycles. The van der Waals surface area contributed by atoms with E-state index in [9.17, 15) is 4.79 Å². The van der Waals surface area contributed by atoms with Gasteiger partial charge in [0.25, 0.3) is 0 Å². The van der Waals surface area contributed by atoms with E-state index in [1.807, 2.05) is 50.1 Å². The number of aryl methyl sites for hydroxylation is 1. The van der Waals surface area contributed by atoms with Crippen LogP contribution >= 0.6 is 0 Å². The monoisotopic (exact) mass is 337 g/mol. The molecule has 1 aliphatic heterocycles. The number of carbonyl (C=O) groups excluding carboxylic acids is 1. The predicted octanol–water partition coefficient (Wildman–Crippen LogP) is 4.20. The molecule has 2 heterocycles. The molecule has 0 radical (unpaired) electrons. The minimum Gasteiger partial charge on any atom is -0.342 e. The Hall–Kier alpha value is -2.23. The van der Waals surface area contributed by atoms with Crippen molar-refractivity contribution in [3.8, 4) is 11.4 Å². The maximum absolute atomic E-state index is 12.6. The van der Waals surface area contributed by atoms with E-state index in [-0.39, 0.29) is 17.2 Å². The Balaban J connectivity index is 1.82. The van der Waals surface area contributed by atoms with Crippen LogP contribution in [-0.2, 0) is 4.79 Å². The van der Waals surface area contributed by atoms with E-state index >= 15 is 0 Å². The Labute approximate surface area is 150 Å². The van der Waals surface area contributed by atoms with Crippen molar-refractivity contribution in [1.29, 1.82) is 0 Å². The first-order chi connectivity index (χ1) is 11.8. The number of benzene rings is 1. The van der Waals surface area contributed by atoms with Gasteiger partial charge in [-0.15, -0.1) is 0 Å². The number of hydrogen-bond acceptors (Lipinski definition) is 3. The molecular weight excluding hydrogens is 310 g/mol. The third-order valence-electron chi connectivity index (χ3n) is 4.72. The molecule has 0 unspecified atom stereocenters. The average molecular weight is 337 g/mol. The molecule has 1 saturated heterocycles. The summed E-state index contributed by atoms with van der Waals surface area (Å²) in [6.45, 7) is 9.63. The van der Waals surface area contributed by atoms with E-state index < -0.39 is 0 Å². The molecule has 4 heteroatoms. The molecule has 0 N–H and O–H groups in total. The van der Waals surface area contributed by atoms with E-state index in [0.29, 0.717) is 0 Å². The van der Waals surface area contributed by atoms with E-state index in [4.69, 9.17) is 4.98 Å². The van der Waals surface area contributed by atoms with Crippen LogP contribution in [0.1, 0.15) is 50.8 Å². The summed E-state index contributed by atoms with van der Waals surface area (Å²) in [5.74, 6) is 1.28. The molecule has 1 amide bonds. The largest absolute Gasteiger partial charge is 0.342 e. The van der Waals surface area contributed by atoms with Gasteiger partial charge in [-0.3, -0.25) is 4.79 Å². The lowest BCUT2D eigenvalue weighted by Gasteiger charge is -2.36. The Bertz CT molecular complexity index is 764. The van der Waals surface area contributed by atoms with Gasteiger partial charge in [-0.05, 0) is 31.9 Å². The van der Waals surface area contributed by atoms with Crippen LogP contribution in [0.4, 0.5) is 0 Å². The SMILES string of the molecule is Cc1cccc(-c2nccc([C@@H]3CCCN(C(=O)C(C)(C)C)C3)n2)c1. The quantitative estimate of drug-likeness (QED) is 0.825. The van der Waals surface area contributed by atoms with Gasteiger partial charge < -0.3 is 4.90 Å². The van der Waals surface area contributed by atoms with Crippen LogP contribution < -0.4 is 0 Å². The summed E-state index contributed by atoms with van der Waals surface area (Å²) in [4.78, 5) is 23.9. The van der Waals surface area contributed by atoms with Crippen molar-refractivity contribution < 1.29 is 4.79 Å². The molecular formula is C21H27N3O. The Kier molecular flexibility index (Phi) is 4.89. The van der Waals surface area contributed by atoms with E-state index in [0.717, 1.165) is 43.0 Å². The van der Waals surface area contributed by atoms with Crippen molar-refractivity contribution >= 4 is 5.91 Å². The number of carbonyl (C=O) groups is 1. The number of hydrogen-bond donors (Lipinski definition) is 0. The van der Waals surface area contributed by atoms with Crippen molar-refractivity contribution in [2.75, 3.05) is 13.1 Å². The first-order valence-corrected chi connectivity index (χ1v) is 9.04.